The number of Topliss-reactive ketones (excluding diaryl/α,β-unsaturated/α-hetero) is 1. The molecule has 0 bridgehead atoms. The number of nitrogens with zero attached hydrogens (tertiary/aromatic N) is 2. The Kier molecular flexibility index (Phi) is 4.58. The van der Waals surface area contributed by atoms with E-state index in [1.54, 1.807) is 18.0 Å². The topological polar surface area (TPSA) is 70.1 Å². The summed E-state index contributed by atoms with van der Waals surface area (Å²) in [4.78, 5) is 12.8. The number of methoxy groups -OCH3 is 1. The maximum atomic E-state index is 12.8. The minimum absolute atomic E-state index is 0.0228. The lowest BCUT2D eigenvalue weighted by molar-refractivity contribution is 0.0815. The molecule has 0 amide bonds. The highest BCUT2D eigenvalue weighted by Gasteiger charge is 2.33. The van der Waals surface area contributed by atoms with Gasteiger partial charge in [-0.3, -0.25) is 9.48 Å². The van der Waals surface area contributed by atoms with Gasteiger partial charge in [0.15, 0.2) is 11.5 Å². The molecule has 1 aromatic rings. The third kappa shape index (κ3) is 2.66. The smallest absolute Gasteiger partial charge is 0.188 e. The second-order valence-electron chi connectivity index (χ2n) is 5.13. The number of rotatable bonds is 5. The van der Waals surface area contributed by atoms with Crippen LogP contribution in [0.1, 0.15) is 43.1 Å². The van der Waals surface area contributed by atoms with E-state index in [0.717, 1.165) is 19.3 Å². The van der Waals surface area contributed by atoms with Gasteiger partial charge >= 0.3 is 0 Å². The Morgan fingerprint density at radius 1 is 1.53 bits per heavy atom. The lowest BCUT2D eigenvalue weighted by atomic mass is 9.76. The monoisotopic (exact) mass is 265 g/mol. The first-order valence-electron chi connectivity index (χ1n) is 7.07. The van der Waals surface area contributed by atoms with Crippen LogP contribution in [0.15, 0.2) is 6.20 Å². The van der Waals surface area contributed by atoms with Crippen LogP contribution in [0, 0.1) is 11.8 Å². The molecule has 5 heteroatoms. The Morgan fingerprint density at radius 2 is 2.26 bits per heavy atom. The fourth-order valence-electron chi connectivity index (χ4n) is 3.02. The van der Waals surface area contributed by atoms with Crippen LogP contribution in [0.2, 0.25) is 0 Å². The van der Waals surface area contributed by atoms with Gasteiger partial charge < -0.3 is 10.5 Å². The lowest BCUT2D eigenvalue weighted by Gasteiger charge is -2.29. The zero-order valence-electron chi connectivity index (χ0n) is 11.8. The number of carbonyl (C=O) groups is 1. The van der Waals surface area contributed by atoms with Crippen molar-refractivity contribution in [1.82, 2.24) is 9.78 Å². The number of hydrogen-bond donors (Lipinski definition) is 1. The van der Waals surface area contributed by atoms with Crippen molar-refractivity contribution in [2.75, 3.05) is 13.7 Å². The van der Waals surface area contributed by atoms with Crippen LogP contribution in [-0.2, 0) is 6.54 Å². The second kappa shape index (κ2) is 6.19. The molecule has 2 atom stereocenters. The van der Waals surface area contributed by atoms with Crippen molar-refractivity contribution in [3.8, 4) is 5.75 Å². The van der Waals surface area contributed by atoms with Crippen molar-refractivity contribution >= 4 is 5.78 Å². The molecule has 2 rings (SSSR count). The molecule has 0 spiro atoms. The van der Waals surface area contributed by atoms with Gasteiger partial charge in [-0.25, -0.2) is 0 Å². The summed E-state index contributed by atoms with van der Waals surface area (Å²) >= 11 is 0. The summed E-state index contributed by atoms with van der Waals surface area (Å²) in [6, 6.07) is 0. The number of carbonyl (C=O) groups excluding carboxylic acids is 1. The quantitative estimate of drug-likeness (QED) is 0.825. The minimum Gasteiger partial charge on any atom is -0.493 e. The Morgan fingerprint density at radius 3 is 2.89 bits per heavy atom. The van der Waals surface area contributed by atoms with E-state index in [9.17, 15) is 4.79 Å². The highest BCUT2D eigenvalue weighted by Crippen LogP contribution is 2.34. The van der Waals surface area contributed by atoms with Crippen molar-refractivity contribution in [3.05, 3.63) is 11.9 Å². The van der Waals surface area contributed by atoms with Crippen molar-refractivity contribution < 1.29 is 9.53 Å². The Bertz CT molecular complexity index is 420. The Balaban J connectivity index is 2.29. The van der Waals surface area contributed by atoms with Crippen molar-refractivity contribution in [2.45, 2.75) is 39.2 Å². The van der Waals surface area contributed by atoms with Gasteiger partial charge in [-0.15, -0.1) is 0 Å². The predicted octanol–water partition coefficient (Wildman–Crippen LogP) is 1.86. The largest absolute Gasteiger partial charge is 0.493 e. The molecule has 19 heavy (non-hydrogen) atoms. The first-order chi connectivity index (χ1) is 9.22. The molecule has 1 aliphatic carbocycles. The molecule has 0 saturated heterocycles. The summed E-state index contributed by atoms with van der Waals surface area (Å²) in [6.45, 7) is 3.23. The number of ketones is 1. The molecule has 5 nitrogen and oxygen atoms in total. The van der Waals surface area contributed by atoms with Crippen LogP contribution in [0.3, 0.4) is 0 Å². The van der Waals surface area contributed by atoms with Crippen LogP contribution in [0.5, 0.6) is 5.75 Å². The molecule has 0 aliphatic heterocycles. The summed E-state index contributed by atoms with van der Waals surface area (Å²) in [6.07, 6.45) is 5.89. The molecule has 1 heterocycles. The number of ether oxygens (including phenoxy) is 1. The zero-order valence-corrected chi connectivity index (χ0v) is 11.8. The van der Waals surface area contributed by atoms with Crippen LogP contribution >= 0.6 is 0 Å². The maximum Gasteiger partial charge on any atom is 0.188 e. The van der Waals surface area contributed by atoms with Crippen LogP contribution < -0.4 is 10.5 Å². The Hall–Kier alpha value is -1.36. The second-order valence-corrected chi connectivity index (χ2v) is 5.13. The van der Waals surface area contributed by atoms with Crippen molar-refractivity contribution in [3.63, 3.8) is 0 Å². The van der Waals surface area contributed by atoms with E-state index in [2.05, 4.69) is 5.10 Å². The molecule has 1 saturated carbocycles. The van der Waals surface area contributed by atoms with Crippen LogP contribution in [0.25, 0.3) is 0 Å². The molecule has 2 N–H and O–H groups in total. The van der Waals surface area contributed by atoms with E-state index in [1.807, 2.05) is 6.92 Å². The van der Waals surface area contributed by atoms with E-state index < -0.39 is 0 Å². The molecule has 1 aliphatic rings. The average Bonchev–Trinajstić information content (AvgIpc) is 2.89. The molecular weight excluding hydrogens is 242 g/mol. The number of hydrogen-bond acceptors (Lipinski definition) is 4. The van der Waals surface area contributed by atoms with E-state index >= 15 is 0 Å². The van der Waals surface area contributed by atoms with E-state index in [1.165, 1.54) is 6.42 Å². The lowest BCUT2D eigenvalue weighted by Crippen LogP contribution is -2.33. The minimum atomic E-state index is 0.0228. The average molecular weight is 265 g/mol. The molecule has 0 aromatic carbocycles. The van der Waals surface area contributed by atoms with Gasteiger partial charge in [0, 0.05) is 12.5 Å². The highest BCUT2D eigenvalue weighted by atomic mass is 16.5. The summed E-state index contributed by atoms with van der Waals surface area (Å²) in [5.74, 6) is 1.04. The van der Waals surface area contributed by atoms with Gasteiger partial charge in [-0.05, 0) is 32.2 Å². The van der Waals surface area contributed by atoms with Gasteiger partial charge in [0.2, 0.25) is 0 Å². The van der Waals surface area contributed by atoms with Crippen molar-refractivity contribution in [1.29, 1.82) is 0 Å². The van der Waals surface area contributed by atoms with E-state index in [-0.39, 0.29) is 11.7 Å². The highest BCUT2D eigenvalue weighted by molar-refractivity contribution is 5.99. The van der Waals surface area contributed by atoms with Gasteiger partial charge in [0.1, 0.15) is 5.69 Å². The molecule has 1 aromatic heterocycles. The molecule has 2 unspecified atom stereocenters. The van der Waals surface area contributed by atoms with Gasteiger partial charge in [-0.1, -0.05) is 12.8 Å². The molecular formula is C14H23N3O2. The first kappa shape index (κ1) is 14.1. The third-order valence-electron chi connectivity index (χ3n) is 4.11. The van der Waals surface area contributed by atoms with Gasteiger partial charge in [-0.2, -0.15) is 5.10 Å². The SMILES string of the molecule is CCn1ncc(OC)c1C(=O)C1CCCCC1CN. The van der Waals surface area contributed by atoms with Crippen molar-refractivity contribution in [2.24, 2.45) is 17.6 Å². The Labute approximate surface area is 114 Å². The van der Waals surface area contributed by atoms with Gasteiger partial charge in [0.25, 0.3) is 0 Å². The number of aromatic nitrogens is 2. The summed E-state index contributed by atoms with van der Waals surface area (Å²) in [5.41, 5.74) is 6.43. The predicted molar refractivity (Wildman–Crippen MR) is 73.3 cm³/mol. The normalized spacial score (nSPS) is 23.3. The molecule has 0 radical (unpaired) electrons. The van der Waals surface area contributed by atoms with Crippen LogP contribution in [-0.4, -0.2) is 29.2 Å². The summed E-state index contributed by atoms with van der Waals surface area (Å²) < 4.78 is 7.00. The summed E-state index contributed by atoms with van der Waals surface area (Å²) in [7, 11) is 1.58. The van der Waals surface area contributed by atoms with E-state index in [0.29, 0.717) is 30.5 Å². The van der Waals surface area contributed by atoms with Gasteiger partial charge in [0.05, 0.1) is 13.3 Å². The van der Waals surface area contributed by atoms with Crippen LogP contribution in [0.4, 0.5) is 0 Å². The molecule has 106 valence electrons. The number of aryl methyl sites for hydroxylation is 1. The standard InChI is InChI=1S/C14H23N3O2/c1-3-17-13(12(19-2)9-16-17)14(18)11-7-5-4-6-10(11)8-15/h9-11H,3-8,15H2,1-2H3. The first-order valence-corrected chi connectivity index (χ1v) is 7.07. The number of nitrogens with two attached hydrogens (primary N) is 1. The molecule has 1 fully saturated rings. The fourth-order valence-corrected chi connectivity index (χ4v) is 3.02. The van der Waals surface area contributed by atoms with E-state index in [4.69, 9.17) is 10.5 Å². The third-order valence-corrected chi connectivity index (χ3v) is 4.11. The zero-order chi connectivity index (χ0) is 13.8. The summed E-state index contributed by atoms with van der Waals surface area (Å²) in [5, 5.41) is 4.21. The maximum absolute atomic E-state index is 12.8. The fraction of sp³-hybridized carbons (Fsp3) is 0.714.